The van der Waals surface area contributed by atoms with Crippen LogP contribution in [-0.4, -0.2) is 23.3 Å². The molecule has 0 unspecified atom stereocenters. The topological polar surface area (TPSA) is 32.3 Å². The predicted molar refractivity (Wildman–Crippen MR) is 69.6 cm³/mol. The highest BCUT2D eigenvalue weighted by molar-refractivity contribution is 4.89. The van der Waals surface area contributed by atoms with E-state index in [2.05, 4.69) is 26.1 Å². The molecule has 96 valence electrons. The highest BCUT2D eigenvalue weighted by Crippen LogP contribution is 2.35. The Kier molecular flexibility index (Phi) is 5.77. The van der Waals surface area contributed by atoms with Crippen LogP contribution in [0.2, 0.25) is 0 Å². The van der Waals surface area contributed by atoms with Crippen molar-refractivity contribution in [3.63, 3.8) is 0 Å². The second kappa shape index (κ2) is 6.61. The summed E-state index contributed by atoms with van der Waals surface area (Å²) in [6.07, 6.45) is 7.68. The van der Waals surface area contributed by atoms with Crippen molar-refractivity contribution in [1.29, 1.82) is 0 Å². The molecule has 0 aliphatic heterocycles. The zero-order chi connectivity index (χ0) is 12.0. The molecular weight excluding hydrogens is 198 g/mol. The van der Waals surface area contributed by atoms with Gasteiger partial charge in [-0.05, 0) is 44.6 Å². The van der Waals surface area contributed by atoms with Gasteiger partial charge in [-0.1, -0.05) is 33.6 Å². The van der Waals surface area contributed by atoms with Crippen molar-refractivity contribution in [1.82, 2.24) is 5.32 Å². The summed E-state index contributed by atoms with van der Waals surface area (Å²) in [5.41, 5.74) is -0.359. The highest BCUT2D eigenvalue weighted by atomic mass is 16.3. The molecule has 1 saturated carbocycles. The number of hydrogen-bond donors (Lipinski definition) is 2. The van der Waals surface area contributed by atoms with Crippen molar-refractivity contribution in [2.45, 2.75) is 77.4 Å². The maximum absolute atomic E-state index is 10.6. The Balaban J connectivity index is 2.37. The fraction of sp³-hybridized carbons (Fsp3) is 1.00. The van der Waals surface area contributed by atoms with Crippen molar-refractivity contribution < 1.29 is 5.11 Å². The molecule has 0 amide bonds. The molecule has 1 aliphatic carbocycles. The zero-order valence-electron chi connectivity index (χ0n) is 11.3. The average molecular weight is 227 g/mol. The third-order valence-electron chi connectivity index (χ3n) is 4.23. The Hall–Kier alpha value is -0.0800. The van der Waals surface area contributed by atoms with Crippen molar-refractivity contribution in [3.8, 4) is 0 Å². The van der Waals surface area contributed by atoms with E-state index in [1.807, 2.05) is 0 Å². The lowest BCUT2D eigenvalue weighted by molar-refractivity contribution is -0.0249. The van der Waals surface area contributed by atoms with E-state index in [9.17, 15) is 5.11 Å². The highest BCUT2D eigenvalue weighted by Gasteiger charge is 2.34. The summed E-state index contributed by atoms with van der Waals surface area (Å²) in [7, 11) is 0. The lowest BCUT2D eigenvalue weighted by Crippen LogP contribution is -2.42. The quantitative estimate of drug-likeness (QED) is 0.731. The SMILES string of the molecule is CCNC1CCC(O)(CC(CC)CC)CC1. The van der Waals surface area contributed by atoms with Crippen molar-refractivity contribution >= 4 is 0 Å². The van der Waals surface area contributed by atoms with Crippen LogP contribution >= 0.6 is 0 Å². The van der Waals surface area contributed by atoms with Crippen LogP contribution < -0.4 is 5.32 Å². The molecule has 16 heavy (non-hydrogen) atoms. The second-order valence-electron chi connectivity index (χ2n) is 5.44. The van der Waals surface area contributed by atoms with Crippen LogP contribution in [0.1, 0.15) is 65.7 Å². The third-order valence-corrected chi connectivity index (χ3v) is 4.23. The van der Waals surface area contributed by atoms with E-state index < -0.39 is 0 Å². The van der Waals surface area contributed by atoms with Gasteiger partial charge in [0.05, 0.1) is 5.60 Å². The molecule has 2 nitrogen and oxygen atoms in total. The van der Waals surface area contributed by atoms with Crippen LogP contribution in [-0.2, 0) is 0 Å². The van der Waals surface area contributed by atoms with E-state index in [0.717, 1.165) is 38.6 Å². The van der Waals surface area contributed by atoms with E-state index >= 15 is 0 Å². The molecular formula is C14H29NO. The fourth-order valence-electron chi connectivity index (χ4n) is 2.97. The normalized spacial score (nSPS) is 30.9. The number of hydrogen-bond acceptors (Lipinski definition) is 2. The number of aliphatic hydroxyl groups is 1. The maximum Gasteiger partial charge on any atom is 0.0651 e. The molecule has 0 spiro atoms. The molecule has 0 atom stereocenters. The number of rotatable bonds is 6. The summed E-state index contributed by atoms with van der Waals surface area (Å²) >= 11 is 0. The molecule has 0 aromatic rings. The fourth-order valence-corrected chi connectivity index (χ4v) is 2.97. The Morgan fingerprint density at radius 2 is 1.75 bits per heavy atom. The van der Waals surface area contributed by atoms with Crippen LogP contribution in [0, 0.1) is 5.92 Å². The van der Waals surface area contributed by atoms with Crippen LogP contribution in [0.25, 0.3) is 0 Å². The molecule has 0 radical (unpaired) electrons. The van der Waals surface area contributed by atoms with Gasteiger partial charge in [0.25, 0.3) is 0 Å². The van der Waals surface area contributed by atoms with Gasteiger partial charge in [-0.25, -0.2) is 0 Å². The lowest BCUT2D eigenvalue weighted by atomic mass is 9.76. The van der Waals surface area contributed by atoms with E-state index in [4.69, 9.17) is 0 Å². The largest absolute Gasteiger partial charge is 0.390 e. The Labute approximate surface area is 101 Å². The Morgan fingerprint density at radius 3 is 2.19 bits per heavy atom. The zero-order valence-corrected chi connectivity index (χ0v) is 11.3. The van der Waals surface area contributed by atoms with Gasteiger partial charge in [0.15, 0.2) is 0 Å². The monoisotopic (exact) mass is 227 g/mol. The maximum atomic E-state index is 10.6. The summed E-state index contributed by atoms with van der Waals surface area (Å²) in [6.45, 7) is 7.68. The van der Waals surface area contributed by atoms with Gasteiger partial charge in [-0.15, -0.1) is 0 Å². The molecule has 2 heteroatoms. The molecule has 0 aromatic carbocycles. The second-order valence-corrected chi connectivity index (χ2v) is 5.44. The standard InChI is InChI=1S/C14H29NO/c1-4-12(5-2)11-14(16)9-7-13(8-10-14)15-6-3/h12-13,15-16H,4-11H2,1-3H3. The van der Waals surface area contributed by atoms with Crippen LogP contribution in [0.15, 0.2) is 0 Å². The average Bonchev–Trinajstić information content (AvgIpc) is 2.30. The Bertz CT molecular complexity index is 181. The van der Waals surface area contributed by atoms with Gasteiger partial charge >= 0.3 is 0 Å². The Morgan fingerprint density at radius 1 is 1.19 bits per heavy atom. The predicted octanol–water partition coefficient (Wildman–Crippen LogP) is 3.10. The van der Waals surface area contributed by atoms with Gasteiger partial charge in [0.1, 0.15) is 0 Å². The molecule has 0 bridgehead atoms. The first kappa shape index (κ1) is 14.0. The molecule has 1 fully saturated rings. The van der Waals surface area contributed by atoms with Crippen molar-refractivity contribution in [2.24, 2.45) is 5.92 Å². The minimum absolute atomic E-state index is 0.359. The minimum atomic E-state index is -0.359. The van der Waals surface area contributed by atoms with Gasteiger partial charge in [-0.2, -0.15) is 0 Å². The van der Waals surface area contributed by atoms with E-state index in [-0.39, 0.29) is 5.60 Å². The smallest absolute Gasteiger partial charge is 0.0651 e. The molecule has 0 saturated heterocycles. The summed E-state index contributed by atoms with van der Waals surface area (Å²) < 4.78 is 0. The van der Waals surface area contributed by atoms with Crippen LogP contribution in [0.4, 0.5) is 0 Å². The molecule has 1 rings (SSSR count). The van der Waals surface area contributed by atoms with Gasteiger partial charge in [-0.3, -0.25) is 0 Å². The molecule has 2 N–H and O–H groups in total. The first-order valence-corrected chi connectivity index (χ1v) is 7.09. The summed E-state index contributed by atoms with van der Waals surface area (Å²) in [4.78, 5) is 0. The van der Waals surface area contributed by atoms with Gasteiger partial charge in [0, 0.05) is 6.04 Å². The minimum Gasteiger partial charge on any atom is -0.390 e. The lowest BCUT2D eigenvalue weighted by Gasteiger charge is -2.38. The summed E-state index contributed by atoms with van der Waals surface area (Å²) in [5, 5.41) is 14.1. The first-order valence-electron chi connectivity index (χ1n) is 7.09. The van der Waals surface area contributed by atoms with Gasteiger partial charge in [0.2, 0.25) is 0 Å². The van der Waals surface area contributed by atoms with Crippen molar-refractivity contribution in [2.75, 3.05) is 6.54 Å². The summed E-state index contributed by atoms with van der Waals surface area (Å²) in [5.74, 6) is 0.709. The number of nitrogens with one attached hydrogen (secondary N) is 1. The third kappa shape index (κ3) is 4.06. The van der Waals surface area contributed by atoms with Crippen LogP contribution in [0.5, 0.6) is 0 Å². The van der Waals surface area contributed by atoms with Crippen LogP contribution in [0.3, 0.4) is 0 Å². The molecule has 0 aromatic heterocycles. The van der Waals surface area contributed by atoms with E-state index in [1.54, 1.807) is 0 Å². The van der Waals surface area contributed by atoms with E-state index in [1.165, 1.54) is 12.8 Å². The molecule has 0 heterocycles. The molecule has 1 aliphatic rings. The van der Waals surface area contributed by atoms with Gasteiger partial charge < -0.3 is 10.4 Å². The van der Waals surface area contributed by atoms with Crippen molar-refractivity contribution in [3.05, 3.63) is 0 Å². The summed E-state index contributed by atoms with van der Waals surface area (Å²) in [6, 6.07) is 0.645. The first-order chi connectivity index (χ1) is 7.63. The van der Waals surface area contributed by atoms with E-state index in [0.29, 0.717) is 12.0 Å².